The molecule has 0 aromatic heterocycles. The fourth-order valence-corrected chi connectivity index (χ4v) is 2.61. The maximum Gasteiger partial charge on any atom is 0.341 e. The third-order valence-corrected chi connectivity index (χ3v) is 4.23. The maximum atomic E-state index is 13.9. The molecule has 3 aromatic carbocycles. The number of benzene rings is 3. The Morgan fingerprint density at radius 2 is 1.60 bits per heavy atom. The summed E-state index contributed by atoms with van der Waals surface area (Å²) in [4.78, 5) is 36.4. The highest BCUT2D eigenvalue weighted by Crippen LogP contribution is 2.17. The van der Waals surface area contributed by atoms with Gasteiger partial charge in [0, 0.05) is 22.9 Å². The third-order valence-electron chi connectivity index (χ3n) is 4.23. The van der Waals surface area contributed by atoms with Gasteiger partial charge in [-0.3, -0.25) is 9.59 Å². The lowest BCUT2D eigenvalue weighted by molar-refractivity contribution is 0.0470. The molecule has 152 valence electrons. The second-order valence-corrected chi connectivity index (χ2v) is 6.24. The first kappa shape index (κ1) is 20.7. The summed E-state index contributed by atoms with van der Waals surface area (Å²) in [6.45, 7) is -0.542. The molecule has 0 bridgehead atoms. The van der Waals surface area contributed by atoms with E-state index in [0.717, 1.165) is 6.07 Å². The van der Waals surface area contributed by atoms with Gasteiger partial charge >= 0.3 is 5.97 Å². The predicted molar refractivity (Wildman–Crippen MR) is 108 cm³/mol. The molecule has 0 saturated heterocycles. The summed E-state index contributed by atoms with van der Waals surface area (Å²) in [7, 11) is 1.38. The number of amides is 1. The Balaban J connectivity index is 1.57. The lowest BCUT2D eigenvalue weighted by Crippen LogP contribution is -2.15. The zero-order chi connectivity index (χ0) is 21.5. The van der Waals surface area contributed by atoms with Gasteiger partial charge in [-0.1, -0.05) is 18.2 Å². The number of methoxy groups -OCH3 is 1. The van der Waals surface area contributed by atoms with Crippen LogP contribution in [-0.4, -0.2) is 31.4 Å². The van der Waals surface area contributed by atoms with Crippen LogP contribution >= 0.6 is 0 Å². The molecule has 3 aromatic rings. The summed E-state index contributed by atoms with van der Waals surface area (Å²) < 4.78 is 23.7. The highest BCUT2D eigenvalue weighted by molar-refractivity contribution is 6.05. The summed E-state index contributed by atoms with van der Waals surface area (Å²) in [6.07, 6.45) is 0. The highest BCUT2D eigenvalue weighted by Gasteiger charge is 2.16. The Bertz CT molecular complexity index is 1060. The molecule has 0 atom stereocenters. The van der Waals surface area contributed by atoms with E-state index in [-0.39, 0.29) is 22.8 Å². The second-order valence-electron chi connectivity index (χ2n) is 6.24. The van der Waals surface area contributed by atoms with Crippen LogP contribution in [0.1, 0.15) is 31.1 Å². The average molecular weight is 407 g/mol. The van der Waals surface area contributed by atoms with Crippen molar-refractivity contribution in [2.24, 2.45) is 0 Å². The highest BCUT2D eigenvalue weighted by atomic mass is 19.1. The quantitative estimate of drug-likeness (QED) is 0.471. The van der Waals surface area contributed by atoms with Gasteiger partial charge in [0.1, 0.15) is 11.6 Å². The first-order valence-electron chi connectivity index (χ1n) is 8.98. The lowest BCUT2D eigenvalue weighted by Gasteiger charge is -2.08. The summed E-state index contributed by atoms with van der Waals surface area (Å²) in [5.74, 6) is -2.22. The summed E-state index contributed by atoms with van der Waals surface area (Å²) in [5, 5.41) is 2.72. The van der Waals surface area contributed by atoms with E-state index in [9.17, 15) is 18.8 Å². The van der Waals surface area contributed by atoms with Gasteiger partial charge in [0.25, 0.3) is 5.91 Å². The van der Waals surface area contributed by atoms with E-state index in [1.807, 2.05) is 6.07 Å². The maximum absolute atomic E-state index is 13.9. The molecule has 0 aliphatic rings. The molecule has 0 fully saturated rings. The number of esters is 1. The second kappa shape index (κ2) is 9.47. The molecule has 0 heterocycles. The molecule has 1 amide bonds. The van der Waals surface area contributed by atoms with Crippen molar-refractivity contribution in [1.29, 1.82) is 0 Å². The van der Waals surface area contributed by atoms with Crippen molar-refractivity contribution in [2.45, 2.75) is 0 Å². The predicted octanol–water partition coefficient (Wildman–Crippen LogP) is 4.13. The molecule has 0 aliphatic heterocycles. The molecule has 3 rings (SSSR count). The van der Waals surface area contributed by atoms with Crippen LogP contribution in [0.4, 0.5) is 10.1 Å². The smallest absolute Gasteiger partial charge is 0.341 e. The SMILES string of the molecule is COc1ccc(C(=O)OCC(=O)c2ccc(NC(=O)c3ccccc3)cc2)c(F)c1. The number of rotatable bonds is 7. The van der Waals surface area contributed by atoms with E-state index in [0.29, 0.717) is 11.3 Å². The molecule has 0 saturated carbocycles. The monoisotopic (exact) mass is 407 g/mol. The van der Waals surface area contributed by atoms with Crippen molar-refractivity contribution in [3.8, 4) is 5.75 Å². The zero-order valence-electron chi connectivity index (χ0n) is 16.1. The first-order chi connectivity index (χ1) is 14.5. The van der Waals surface area contributed by atoms with Gasteiger partial charge in [0.15, 0.2) is 12.4 Å². The van der Waals surface area contributed by atoms with E-state index in [1.165, 1.54) is 31.4 Å². The number of hydrogen-bond donors (Lipinski definition) is 1. The van der Waals surface area contributed by atoms with Crippen LogP contribution in [0.2, 0.25) is 0 Å². The van der Waals surface area contributed by atoms with Gasteiger partial charge in [0.2, 0.25) is 0 Å². The van der Waals surface area contributed by atoms with Crippen LogP contribution < -0.4 is 10.1 Å². The van der Waals surface area contributed by atoms with Crippen LogP contribution in [0.25, 0.3) is 0 Å². The molecule has 7 heteroatoms. The molecule has 30 heavy (non-hydrogen) atoms. The van der Waals surface area contributed by atoms with Gasteiger partial charge in [0.05, 0.1) is 12.7 Å². The zero-order valence-corrected chi connectivity index (χ0v) is 16.1. The Morgan fingerprint density at radius 1 is 0.900 bits per heavy atom. The molecule has 0 radical (unpaired) electrons. The number of anilines is 1. The minimum atomic E-state index is -0.949. The standard InChI is InChI=1S/C23H18FNO5/c1-29-18-11-12-19(20(24)13-18)23(28)30-14-21(26)15-7-9-17(10-8-15)25-22(27)16-5-3-2-4-6-16/h2-13H,14H2,1H3,(H,25,27). The number of ether oxygens (including phenoxy) is 2. The van der Waals surface area contributed by atoms with Crippen LogP contribution in [0.5, 0.6) is 5.75 Å². The van der Waals surface area contributed by atoms with Crippen molar-refractivity contribution >= 4 is 23.3 Å². The molecule has 0 aliphatic carbocycles. The van der Waals surface area contributed by atoms with E-state index in [2.05, 4.69) is 5.32 Å². The van der Waals surface area contributed by atoms with Crippen molar-refractivity contribution in [1.82, 2.24) is 0 Å². The summed E-state index contributed by atoms with van der Waals surface area (Å²) in [5.41, 5.74) is 1.02. The van der Waals surface area contributed by atoms with Crippen molar-refractivity contribution in [3.05, 3.63) is 95.3 Å². The fourth-order valence-electron chi connectivity index (χ4n) is 2.61. The number of ketones is 1. The van der Waals surface area contributed by atoms with Gasteiger partial charge in [-0.05, 0) is 48.5 Å². The number of carbonyl (C=O) groups is 3. The largest absolute Gasteiger partial charge is 0.497 e. The average Bonchev–Trinajstić information content (AvgIpc) is 2.78. The number of carbonyl (C=O) groups excluding carboxylic acids is 3. The third kappa shape index (κ3) is 5.08. The van der Waals surface area contributed by atoms with Gasteiger partial charge in [-0.25, -0.2) is 9.18 Å². The molecule has 1 N–H and O–H groups in total. The number of nitrogens with one attached hydrogen (secondary N) is 1. The Labute approximate surface area is 172 Å². The van der Waals surface area contributed by atoms with E-state index in [4.69, 9.17) is 9.47 Å². The Morgan fingerprint density at radius 3 is 2.23 bits per heavy atom. The lowest BCUT2D eigenvalue weighted by atomic mass is 10.1. The molecular formula is C23H18FNO5. The fraction of sp³-hybridized carbons (Fsp3) is 0.0870. The van der Waals surface area contributed by atoms with E-state index in [1.54, 1.807) is 36.4 Å². The number of halogens is 1. The first-order valence-corrected chi connectivity index (χ1v) is 8.98. The van der Waals surface area contributed by atoms with Crippen molar-refractivity contribution in [3.63, 3.8) is 0 Å². The Kier molecular flexibility index (Phi) is 6.54. The molecule has 0 spiro atoms. The van der Waals surface area contributed by atoms with Crippen LogP contribution in [0, 0.1) is 5.82 Å². The van der Waals surface area contributed by atoms with Crippen LogP contribution in [-0.2, 0) is 4.74 Å². The van der Waals surface area contributed by atoms with E-state index < -0.39 is 24.2 Å². The number of hydrogen-bond acceptors (Lipinski definition) is 5. The van der Waals surface area contributed by atoms with E-state index >= 15 is 0 Å². The van der Waals surface area contributed by atoms with Gasteiger partial charge in [-0.15, -0.1) is 0 Å². The molecular weight excluding hydrogens is 389 g/mol. The molecule has 0 unspecified atom stereocenters. The molecule has 6 nitrogen and oxygen atoms in total. The topological polar surface area (TPSA) is 81.7 Å². The Hall–Kier alpha value is -4.00. The van der Waals surface area contributed by atoms with Crippen molar-refractivity contribution < 1.29 is 28.2 Å². The van der Waals surface area contributed by atoms with Crippen LogP contribution in [0.15, 0.2) is 72.8 Å². The minimum Gasteiger partial charge on any atom is -0.497 e. The van der Waals surface area contributed by atoms with Gasteiger partial charge < -0.3 is 14.8 Å². The number of Topliss-reactive ketones (excluding diaryl/α,β-unsaturated/α-hetero) is 1. The summed E-state index contributed by atoms with van der Waals surface area (Å²) >= 11 is 0. The van der Waals surface area contributed by atoms with Crippen molar-refractivity contribution in [2.75, 3.05) is 19.0 Å². The normalized spacial score (nSPS) is 10.2. The van der Waals surface area contributed by atoms with Gasteiger partial charge in [-0.2, -0.15) is 0 Å². The summed E-state index contributed by atoms with van der Waals surface area (Å²) in [6, 6.07) is 18.6. The minimum absolute atomic E-state index is 0.263. The van der Waals surface area contributed by atoms with Crippen LogP contribution in [0.3, 0.4) is 0 Å².